The molecule has 0 saturated heterocycles. The highest BCUT2D eigenvalue weighted by Crippen LogP contribution is 2.15. The van der Waals surface area contributed by atoms with Gasteiger partial charge in [-0.15, -0.1) is 0 Å². The Morgan fingerprint density at radius 3 is 2.89 bits per heavy atom. The van der Waals surface area contributed by atoms with Gasteiger partial charge in [-0.2, -0.15) is 10.1 Å². The molecule has 3 heterocycles. The van der Waals surface area contributed by atoms with Crippen LogP contribution in [0.25, 0.3) is 5.52 Å². The van der Waals surface area contributed by atoms with Gasteiger partial charge in [-0.05, 0) is 24.1 Å². The third-order valence-corrected chi connectivity index (χ3v) is 4.33. The van der Waals surface area contributed by atoms with E-state index in [0.717, 1.165) is 16.6 Å². The van der Waals surface area contributed by atoms with E-state index in [1.807, 2.05) is 55.6 Å². The van der Waals surface area contributed by atoms with Crippen LogP contribution in [-0.4, -0.2) is 32.2 Å². The fraction of sp³-hybridized carbons (Fsp3) is 0.200. The van der Waals surface area contributed by atoms with Crippen molar-refractivity contribution in [1.82, 2.24) is 25.1 Å². The van der Waals surface area contributed by atoms with E-state index in [9.17, 15) is 4.79 Å². The second-order valence-electron chi connectivity index (χ2n) is 6.32. The lowest BCUT2D eigenvalue weighted by atomic mass is 10.1. The molecule has 0 radical (unpaired) electrons. The van der Waals surface area contributed by atoms with Gasteiger partial charge >= 0.3 is 0 Å². The molecule has 0 aliphatic rings. The predicted octanol–water partition coefficient (Wildman–Crippen LogP) is 2.59. The number of pyridine rings is 1. The summed E-state index contributed by atoms with van der Waals surface area (Å²) in [6.07, 6.45) is 4.51. The lowest BCUT2D eigenvalue weighted by Crippen LogP contribution is -2.25. The Labute approximate surface area is 156 Å². The minimum atomic E-state index is -0.164. The van der Waals surface area contributed by atoms with Gasteiger partial charge in [0.2, 0.25) is 5.89 Å². The molecule has 7 heteroatoms. The molecule has 136 valence electrons. The normalized spacial score (nSPS) is 11.0. The first-order chi connectivity index (χ1) is 13.2. The molecular weight excluding hydrogens is 342 g/mol. The van der Waals surface area contributed by atoms with Crippen LogP contribution >= 0.6 is 0 Å². The third kappa shape index (κ3) is 3.72. The Bertz CT molecular complexity index is 1070. The van der Waals surface area contributed by atoms with E-state index in [4.69, 9.17) is 4.52 Å². The standard InChI is InChI=1S/C20H19N5O2/c1-14-6-5-11-25-19(14)16(13-22-25)20(26)21-10-9-18-23-17(24-27-18)12-15-7-3-2-4-8-15/h2-8,11,13H,9-10,12H2,1H3,(H,21,26). The number of nitrogens with zero attached hydrogens (tertiary/aromatic N) is 4. The number of hydrogen-bond donors (Lipinski definition) is 1. The first-order valence-electron chi connectivity index (χ1n) is 8.77. The van der Waals surface area contributed by atoms with Crippen molar-refractivity contribution in [3.05, 3.63) is 83.3 Å². The van der Waals surface area contributed by atoms with Gasteiger partial charge in [-0.1, -0.05) is 41.6 Å². The van der Waals surface area contributed by atoms with Crippen molar-refractivity contribution in [2.45, 2.75) is 19.8 Å². The maximum absolute atomic E-state index is 12.5. The zero-order valence-corrected chi connectivity index (χ0v) is 14.9. The molecule has 0 saturated carbocycles. The zero-order chi connectivity index (χ0) is 18.6. The van der Waals surface area contributed by atoms with Crippen molar-refractivity contribution in [3.8, 4) is 0 Å². The molecule has 27 heavy (non-hydrogen) atoms. The lowest BCUT2D eigenvalue weighted by molar-refractivity contribution is 0.0955. The number of amides is 1. The smallest absolute Gasteiger partial charge is 0.255 e. The van der Waals surface area contributed by atoms with Crippen LogP contribution in [0.15, 0.2) is 59.4 Å². The fourth-order valence-corrected chi connectivity index (χ4v) is 3.00. The molecule has 0 bridgehead atoms. The van der Waals surface area contributed by atoms with Crippen molar-refractivity contribution in [2.75, 3.05) is 6.54 Å². The molecular formula is C20H19N5O2. The summed E-state index contributed by atoms with van der Waals surface area (Å²) < 4.78 is 6.98. The minimum Gasteiger partial charge on any atom is -0.351 e. The monoisotopic (exact) mass is 361 g/mol. The number of benzene rings is 1. The summed E-state index contributed by atoms with van der Waals surface area (Å²) in [5, 5.41) is 11.1. The van der Waals surface area contributed by atoms with Crippen LogP contribution in [0.2, 0.25) is 0 Å². The first-order valence-corrected chi connectivity index (χ1v) is 8.77. The number of nitrogens with one attached hydrogen (secondary N) is 1. The molecule has 0 atom stereocenters. The van der Waals surface area contributed by atoms with E-state index in [-0.39, 0.29) is 5.91 Å². The molecule has 0 aliphatic heterocycles. The molecule has 4 rings (SSSR count). The Hall–Kier alpha value is -3.48. The number of carbonyl (C=O) groups is 1. The summed E-state index contributed by atoms with van der Waals surface area (Å²) >= 11 is 0. The second-order valence-corrected chi connectivity index (χ2v) is 6.32. The molecule has 1 aromatic carbocycles. The average molecular weight is 361 g/mol. The van der Waals surface area contributed by atoms with Crippen molar-refractivity contribution < 1.29 is 9.32 Å². The minimum absolute atomic E-state index is 0.164. The third-order valence-electron chi connectivity index (χ3n) is 4.33. The molecule has 4 aromatic rings. The van der Waals surface area contributed by atoms with Gasteiger partial charge in [0.25, 0.3) is 5.91 Å². The molecule has 1 N–H and O–H groups in total. The Morgan fingerprint density at radius 1 is 1.19 bits per heavy atom. The van der Waals surface area contributed by atoms with Crippen molar-refractivity contribution in [1.29, 1.82) is 0 Å². The Kier molecular flexibility index (Phi) is 4.65. The van der Waals surface area contributed by atoms with E-state index in [1.165, 1.54) is 0 Å². The highest BCUT2D eigenvalue weighted by Gasteiger charge is 2.14. The molecule has 0 unspecified atom stereocenters. The maximum Gasteiger partial charge on any atom is 0.255 e. The van der Waals surface area contributed by atoms with Gasteiger partial charge in [0, 0.05) is 25.6 Å². The number of rotatable bonds is 6. The van der Waals surface area contributed by atoms with Gasteiger partial charge in [0.15, 0.2) is 5.82 Å². The number of carbonyl (C=O) groups excluding carboxylic acids is 1. The zero-order valence-electron chi connectivity index (χ0n) is 14.9. The summed E-state index contributed by atoms with van der Waals surface area (Å²) in [6.45, 7) is 2.37. The van der Waals surface area contributed by atoms with Crippen molar-refractivity contribution >= 4 is 11.4 Å². The van der Waals surface area contributed by atoms with Crippen LogP contribution in [0.3, 0.4) is 0 Å². The number of hydrogen-bond acceptors (Lipinski definition) is 5. The molecule has 1 amide bonds. The Morgan fingerprint density at radius 2 is 2.04 bits per heavy atom. The first kappa shape index (κ1) is 17.0. The molecule has 0 fully saturated rings. The second kappa shape index (κ2) is 7.41. The van der Waals surface area contributed by atoms with Crippen molar-refractivity contribution in [2.24, 2.45) is 0 Å². The molecule has 0 aliphatic carbocycles. The Balaban J connectivity index is 1.35. The van der Waals surface area contributed by atoms with Crippen molar-refractivity contribution in [3.63, 3.8) is 0 Å². The summed E-state index contributed by atoms with van der Waals surface area (Å²) in [5.74, 6) is 0.987. The van der Waals surface area contributed by atoms with E-state index in [1.54, 1.807) is 10.7 Å². The predicted molar refractivity (Wildman–Crippen MR) is 99.5 cm³/mol. The topological polar surface area (TPSA) is 85.3 Å². The summed E-state index contributed by atoms with van der Waals surface area (Å²) in [4.78, 5) is 16.9. The average Bonchev–Trinajstić information content (AvgIpc) is 3.30. The number of aromatic nitrogens is 4. The van der Waals surface area contributed by atoms with Gasteiger partial charge in [-0.25, -0.2) is 4.52 Å². The lowest BCUT2D eigenvalue weighted by Gasteiger charge is -2.03. The van der Waals surface area contributed by atoms with Crippen LogP contribution in [0.5, 0.6) is 0 Å². The van der Waals surface area contributed by atoms with Gasteiger partial charge in [0.05, 0.1) is 17.3 Å². The van der Waals surface area contributed by atoms with E-state index in [2.05, 4.69) is 20.6 Å². The summed E-state index contributed by atoms with van der Waals surface area (Å²) in [5.41, 5.74) is 3.51. The maximum atomic E-state index is 12.5. The van der Waals surface area contributed by atoms with Gasteiger partial charge in [0.1, 0.15) is 0 Å². The van der Waals surface area contributed by atoms with Gasteiger partial charge < -0.3 is 9.84 Å². The quantitative estimate of drug-likeness (QED) is 0.570. The van der Waals surface area contributed by atoms with E-state index >= 15 is 0 Å². The van der Waals surface area contributed by atoms with Crippen LogP contribution in [0.1, 0.15) is 33.2 Å². The van der Waals surface area contributed by atoms with Crippen LogP contribution in [0.4, 0.5) is 0 Å². The van der Waals surface area contributed by atoms with Gasteiger partial charge in [-0.3, -0.25) is 4.79 Å². The summed E-state index contributed by atoms with van der Waals surface area (Å²) in [6, 6.07) is 13.8. The molecule has 0 spiro atoms. The van der Waals surface area contributed by atoms with E-state index < -0.39 is 0 Å². The highest BCUT2D eigenvalue weighted by molar-refractivity contribution is 6.01. The van der Waals surface area contributed by atoms with Crippen LogP contribution < -0.4 is 5.32 Å². The fourth-order valence-electron chi connectivity index (χ4n) is 3.00. The SMILES string of the molecule is Cc1cccn2ncc(C(=O)NCCc3nc(Cc4ccccc4)no3)c12. The largest absolute Gasteiger partial charge is 0.351 e. The molecule has 3 aromatic heterocycles. The van der Waals surface area contributed by atoms with E-state index in [0.29, 0.717) is 36.7 Å². The number of fused-ring (bicyclic) bond motifs is 1. The van der Waals surface area contributed by atoms with Crippen LogP contribution in [-0.2, 0) is 12.8 Å². The molecule has 7 nitrogen and oxygen atoms in total. The number of aryl methyl sites for hydroxylation is 1. The summed E-state index contributed by atoms with van der Waals surface area (Å²) in [7, 11) is 0. The van der Waals surface area contributed by atoms with Crippen LogP contribution in [0, 0.1) is 6.92 Å². The highest BCUT2D eigenvalue weighted by atomic mass is 16.5.